The average Bonchev–Trinajstić information content (AvgIpc) is 2.47. The highest BCUT2D eigenvalue weighted by Gasteiger charge is 2.03. The van der Waals surface area contributed by atoms with Crippen LogP contribution in [-0.4, -0.2) is 14.9 Å². The van der Waals surface area contributed by atoms with Gasteiger partial charge in [0, 0.05) is 6.07 Å². The van der Waals surface area contributed by atoms with Crippen molar-refractivity contribution in [1.82, 2.24) is 9.78 Å². The average molecular weight is 189 g/mol. The lowest BCUT2D eigenvalue weighted by Crippen LogP contribution is -2.01. The molecule has 0 saturated carbocycles. The van der Waals surface area contributed by atoms with Crippen molar-refractivity contribution < 1.29 is 5.11 Å². The molecule has 4 nitrogen and oxygen atoms in total. The Balaban J connectivity index is 2.49. The SMILES string of the molecule is Cc1cc(N)n(-c2ccc(O)cc2)n1. The van der Waals surface area contributed by atoms with E-state index >= 15 is 0 Å². The van der Waals surface area contributed by atoms with Crippen molar-refractivity contribution in [1.29, 1.82) is 0 Å². The Kier molecular flexibility index (Phi) is 1.89. The van der Waals surface area contributed by atoms with Gasteiger partial charge in [-0.3, -0.25) is 0 Å². The molecule has 0 aliphatic rings. The van der Waals surface area contributed by atoms with Crippen molar-refractivity contribution in [2.45, 2.75) is 6.92 Å². The number of anilines is 1. The molecular formula is C10H11N3O. The lowest BCUT2D eigenvalue weighted by Gasteiger charge is -2.03. The van der Waals surface area contributed by atoms with Gasteiger partial charge in [-0.25, -0.2) is 4.68 Å². The van der Waals surface area contributed by atoms with E-state index in [4.69, 9.17) is 10.8 Å². The largest absolute Gasteiger partial charge is 0.508 e. The van der Waals surface area contributed by atoms with Gasteiger partial charge in [-0.1, -0.05) is 0 Å². The number of nitrogens with two attached hydrogens (primary N) is 1. The Morgan fingerprint density at radius 3 is 2.43 bits per heavy atom. The number of hydrogen-bond acceptors (Lipinski definition) is 3. The highest BCUT2D eigenvalue weighted by molar-refractivity contribution is 5.44. The normalized spacial score (nSPS) is 10.4. The van der Waals surface area contributed by atoms with Crippen LogP contribution in [0, 0.1) is 6.92 Å². The highest BCUT2D eigenvalue weighted by atomic mass is 16.3. The summed E-state index contributed by atoms with van der Waals surface area (Å²) in [5.74, 6) is 0.824. The topological polar surface area (TPSA) is 64.1 Å². The molecule has 0 amide bonds. The number of nitrogens with zero attached hydrogens (tertiary/aromatic N) is 2. The maximum atomic E-state index is 9.12. The van der Waals surface area contributed by atoms with E-state index in [-0.39, 0.29) is 5.75 Å². The first-order valence-electron chi connectivity index (χ1n) is 4.28. The molecule has 0 radical (unpaired) electrons. The van der Waals surface area contributed by atoms with Gasteiger partial charge in [0.05, 0.1) is 11.4 Å². The predicted molar refractivity (Wildman–Crippen MR) is 54.4 cm³/mol. The molecule has 1 aromatic heterocycles. The predicted octanol–water partition coefficient (Wildman–Crippen LogP) is 1.47. The van der Waals surface area contributed by atoms with Crippen LogP contribution in [0.3, 0.4) is 0 Å². The quantitative estimate of drug-likeness (QED) is 0.714. The summed E-state index contributed by atoms with van der Waals surface area (Å²) in [7, 11) is 0. The third-order valence-corrected chi connectivity index (χ3v) is 1.95. The lowest BCUT2D eigenvalue weighted by molar-refractivity contribution is 0.475. The van der Waals surface area contributed by atoms with Crippen LogP contribution in [0.25, 0.3) is 5.69 Å². The number of aromatic hydroxyl groups is 1. The number of aryl methyl sites for hydroxylation is 1. The van der Waals surface area contributed by atoms with Crippen molar-refractivity contribution in [3.05, 3.63) is 36.0 Å². The summed E-state index contributed by atoms with van der Waals surface area (Å²) in [6.07, 6.45) is 0. The Labute approximate surface area is 81.6 Å². The number of phenols is 1. The van der Waals surface area contributed by atoms with Gasteiger partial charge in [-0.05, 0) is 31.2 Å². The molecular weight excluding hydrogens is 178 g/mol. The zero-order chi connectivity index (χ0) is 10.1. The minimum absolute atomic E-state index is 0.233. The number of hydrogen-bond donors (Lipinski definition) is 2. The number of rotatable bonds is 1. The zero-order valence-electron chi connectivity index (χ0n) is 7.81. The Morgan fingerprint density at radius 2 is 1.93 bits per heavy atom. The van der Waals surface area contributed by atoms with Gasteiger partial charge in [0.25, 0.3) is 0 Å². The molecule has 3 N–H and O–H groups in total. The first-order valence-corrected chi connectivity index (χ1v) is 4.28. The van der Waals surface area contributed by atoms with E-state index in [1.54, 1.807) is 35.0 Å². The molecule has 1 heterocycles. The molecule has 0 unspecified atom stereocenters. The molecule has 0 aliphatic carbocycles. The third-order valence-electron chi connectivity index (χ3n) is 1.95. The fourth-order valence-corrected chi connectivity index (χ4v) is 1.32. The summed E-state index contributed by atoms with van der Waals surface area (Å²) >= 11 is 0. The first kappa shape index (κ1) is 8.62. The molecule has 2 rings (SSSR count). The number of aromatic nitrogens is 2. The summed E-state index contributed by atoms with van der Waals surface area (Å²) in [5, 5.41) is 13.3. The number of phenolic OH excluding ortho intramolecular Hbond substituents is 1. The van der Waals surface area contributed by atoms with Gasteiger partial charge in [0.2, 0.25) is 0 Å². The molecule has 0 aliphatic heterocycles. The van der Waals surface area contributed by atoms with Gasteiger partial charge in [0.1, 0.15) is 11.6 Å². The van der Waals surface area contributed by atoms with Crippen LogP contribution in [-0.2, 0) is 0 Å². The van der Waals surface area contributed by atoms with Crippen molar-refractivity contribution in [2.24, 2.45) is 0 Å². The van der Waals surface area contributed by atoms with Gasteiger partial charge in [-0.2, -0.15) is 5.10 Å². The first-order chi connectivity index (χ1) is 6.66. The van der Waals surface area contributed by atoms with E-state index in [2.05, 4.69) is 5.10 Å². The van der Waals surface area contributed by atoms with Crippen molar-refractivity contribution in [2.75, 3.05) is 5.73 Å². The summed E-state index contributed by atoms with van der Waals surface area (Å²) in [4.78, 5) is 0. The van der Waals surface area contributed by atoms with E-state index in [9.17, 15) is 0 Å². The Bertz CT molecular complexity index is 445. The van der Waals surface area contributed by atoms with E-state index in [0.29, 0.717) is 5.82 Å². The Morgan fingerprint density at radius 1 is 1.29 bits per heavy atom. The van der Waals surface area contributed by atoms with E-state index < -0.39 is 0 Å². The minimum Gasteiger partial charge on any atom is -0.508 e. The maximum absolute atomic E-state index is 9.12. The van der Waals surface area contributed by atoms with Crippen molar-refractivity contribution >= 4 is 5.82 Å². The van der Waals surface area contributed by atoms with Crippen LogP contribution < -0.4 is 5.73 Å². The summed E-state index contributed by atoms with van der Waals surface area (Å²) in [6.45, 7) is 1.88. The second-order valence-electron chi connectivity index (χ2n) is 3.14. The molecule has 0 saturated heterocycles. The van der Waals surface area contributed by atoms with Crippen molar-refractivity contribution in [3.63, 3.8) is 0 Å². The second-order valence-corrected chi connectivity index (χ2v) is 3.14. The van der Waals surface area contributed by atoms with Crippen LogP contribution in [0.1, 0.15) is 5.69 Å². The van der Waals surface area contributed by atoms with Crippen LogP contribution in [0.2, 0.25) is 0 Å². The molecule has 0 fully saturated rings. The van der Waals surface area contributed by atoms with Crippen LogP contribution in [0.4, 0.5) is 5.82 Å². The fourth-order valence-electron chi connectivity index (χ4n) is 1.32. The lowest BCUT2D eigenvalue weighted by atomic mass is 10.3. The monoisotopic (exact) mass is 189 g/mol. The second kappa shape index (κ2) is 3.06. The van der Waals surface area contributed by atoms with Crippen molar-refractivity contribution in [3.8, 4) is 11.4 Å². The zero-order valence-corrected chi connectivity index (χ0v) is 7.81. The summed E-state index contributed by atoms with van der Waals surface area (Å²) in [6, 6.07) is 8.53. The molecule has 14 heavy (non-hydrogen) atoms. The molecule has 4 heteroatoms. The standard InChI is InChI=1S/C10H11N3O/c1-7-6-10(11)13(12-7)8-2-4-9(14)5-3-8/h2-6,14H,11H2,1H3. The molecule has 0 bridgehead atoms. The molecule has 0 spiro atoms. The summed E-state index contributed by atoms with van der Waals surface area (Å²) < 4.78 is 1.63. The van der Waals surface area contributed by atoms with Gasteiger partial charge < -0.3 is 10.8 Å². The summed E-state index contributed by atoms with van der Waals surface area (Å²) in [5.41, 5.74) is 7.46. The molecule has 1 aromatic carbocycles. The van der Waals surface area contributed by atoms with Crippen LogP contribution >= 0.6 is 0 Å². The number of nitrogen functional groups attached to an aromatic ring is 1. The van der Waals surface area contributed by atoms with E-state index in [0.717, 1.165) is 11.4 Å². The van der Waals surface area contributed by atoms with Crippen LogP contribution in [0.5, 0.6) is 5.75 Å². The van der Waals surface area contributed by atoms with E-state index in [1.807, 2.05) is 6.92 Å². The molecule has 72 valence electrons. The van der Waals surface area contributed by atoms with Gasteiger partial charge in [-0.15, -0.1) is 0 Å². The molecule has 0 atom stereocenters. The minimum atomic E-state index is 0.233. The maximum Gasteiger partial charge on any atom is 0.127 e. The fraction of sp³-hybridized carbons (Fsp3) is 0.100. The smallest absolute Gasteiger partial charge is 0.127 e. The van der Waals surface area contributed by atoms with E-state index in [1.165, 1.54) is 0 Å². The van der Waals surface area contributed by atoms with Gasteiger partial charge in [0.15, 0.2) is 0 Å². The van der Waals surface area contributed by atoms with Crippen LogP contribution in [0.15, 0.2) is 30.3 Å². The highest BCUT2D eigenvalue weighted by Crippen LogP contribution is 2.16. The Hall–Kier alpha value is -1.97. The third kappa shape index (κ3) is 1.42. The molecule has 2 aromatic rings. The van der Waals surface area contributed by atoms with Gasteiger partial charge >= 0.3 is 0 Å². The number of benzene rings is 1.